The van der Waals surface area contributed by atoms with Crippen molar-refractivity contribution < 1.29 is 9.59 Å². The van der Waals surface area contributed by atoms with E-state index in [1.165, 1.54) is 19.3 Å². The summed E-state index contributed by atoms with van der Waals surface area (Å²) in [6, 6.07) is 5.77. The average Bonchev–Trinajstić information content (AvgIpc) is 2.49. The lowest BCUT2D eigenvalue weighted by Gasteiger charge is -2.30. The van der Waals surface area contributed by atoms with Crippen molar-refractivity contribution in [2.75, 3.05) is 5.75 Å². The monoisotopic (exact) mass is 303 g/mol. The molecule has 0 bridgehead atoms. The van der Waals surface area contributed by atoms with Gasteiger partial charge in [-0.1, -0.05) is 31.9 Å². The van der Waals surface area contributed by atoms with Crippen molar-refractivity contribution in [3.63, 3.8) is 0 Å². The maximum Gasteiger partial charge on any atom is 0.252 e. The minimum Gasteiger partial charge on any atom is -0.349 e. The first-order valence-electron chi connectivity index (χ1n) is 7.76. The van der Waals surface area contributed by atoms with Crippen molar-refractivity contribution in [3.8, 4) is 0 Å². The summed E-state index contributed by atoms with van der Waals surface area (Å²) >= 11 is 1.63. The van der Waals surface area contributed by atoms with Crippen LogP contribution in [0.5, 0.6) is 0 Å². The van der Waals surface area contributed by atoms with Gasteiger partial charge in [0.1, 0.15) is 0 Å². The first-order chi connectivity index (χ1) is 10.2. The zero-order chi connectivity index (χ0) is 14.8. The van der Waals surface area contributed by atoms with Crippen LogP contribution in [0.1, 0.15) is 59.7 Å². The molecule has 4 heteroatoms. The molecule has 2 aliphatic rings. The second kappa shape index (κ2) is 6.22. The third-order valence-electron chi connectivity index (χ3n) is 4.56. The Labute approximate surface area is 129 Å². The molecule has 1 aliphatic carbocycles. The molecule has 3 rings (SSSR count). The van der Waals surface area contributed by atoms with Gasteiger partial charge in [-0.3, -0.25) is 9.59 Å². The average molecular weight is 303 g/mol. The number of ketones is 1. The van der Waals surface area contributed by atoms with Gasteiger partial charge >= 0.3 is 0 Å². The highest BCUT2D eigenvalue weighted by molar-refractivity contribution is 7.99. The SMILES string of the molecule is CC1CCCCC1NC(=O)c1cccc2c1SCCC2=O. The van der Waals surface area contributed by atoms with Crippen molar-refractivity contribution in [1.29, 1.82) is 0 Å². The Bertz CT molecular complexity index is 570. The lowest BCUT2D eigenvalue weighted by molar-refractivity contribution is 0.0907. The number of carbonyl (C=O) groups excluding carboxylic acids is 2. The second-order valence-corrected chi connectivity index (χ2v) is 7.15. The summed E-state index contributed by atoms with van der Waals surface area (Å²) in [7, 11) is 0. The van der Waals surface area contributed by atoms with E-state index in [0.29, 0.717) is 17.9 Å². The Morgan fingerprint density at radius 2 is 2.10 bits per heavy atom. The fourth-order valence-corrected chi connectivity index (χ4v) is 4.39. The zero-order valence-corrected chi connectivity index (χ0v) is 13.2. The molecule has 2 atom stereocenters. The molecule has 3 nitrogen and oxygen atoms in total. The third kappa shape index (κ3) is 3.00. The number of nitrogens with one attached hydrogen (secondary N) is 1. The predicted molar refractivity (Wildman–Crippen MR) is 85.0 cm³/mol. The minimum atomic E-state index is -0.0206. The number of amides is 1. The van der Waals surface area contributed by atoms with Gasteiger partial charge in [0.15, 0.2) is 5.78 Å². The highest BCUT2D eigenvalue weighted by Gasteiger charge is 2.27. The van der Waals surface area contributed by atoms with Crippen LogP contribution in [0.15, 0.2) is 23.1 Å². The highest BCUT2D eigenvalue weighted by atomic mass is 32.2. The van der Waals surface area contributed by atoms with Gasteiger partial charge in [0.05, 0.1) is 5.56 Å². The molecule has 0 radical (unpaired) electrons. The lowest BCUT2D eigenvalue weighted by atomic mass is 9.86. The van der Waals surface area contributed by atoms with E-state index in [1.54, 1.807) is 11.8 Å². The topological polar surface area (TPSA) is 46.2 Å². The van der Waals surface area contributed by atoms with Gasteiger partial charge in [0, 0.05) is 28.7 Å². The number of rotatable bonds is 2. The number of hydrogen-bond donors (Lipinski definition) is 1. The number of thioether (sulfide) groups is 1. The predicted octanol–water partition coefficient (Wildman–Crippen LogP) is 3.67. The van der Waals surface area contributed by atoms with Gasteiger partial charge in [-0.25, -0.2) is 0 Å². The third-order valence-corrected chi connectivity index (χ3v) is 5.70. The summed E-state index contributed by atoms with van der Waals surface area (Å²) in [6.07, 6.45) is 5.27. The Hall–Kier alpha value is -1.29. The van der Waals surface area contributed by atoms with Crippen molar-refractivity contribution in [1.82, 2.24) is 5.32 Å². The van der Waals surface area contributed by atoms with Crippen molar-refractivity contribution in [2.24, 2.45) is 5.92 Å². The molecule has 1 saturated carbocycles. The maximum absolute atomic E-state index is 12.6. The molecule has 2 unspecified atom stereocenters. The fourth-order valence-electron chi connectivity index (χ4n) is 3.25. The minimum absolute atomic E-state index is 0.0206. The largest absolute Gasteiger partial charge is 0.349 e. The zero-order valence-electron chi connectivity index (χ0n) is 12.4. The van der Waals surface area contributed by atoms with Gasteiger partial charge in [-0.2, -0.15) is 0 Å². The van der Waals surface area contributed by atoms with Crippen LogP contribution in [0.3, 0.4) is 0 Å². The highest BCUT2D eigenvalue weighted by Crippen LogP contribution is 2.33. The van der Waals surface area contributed by atoms with E-state index in [9.17, 15) is 9.59 Å². The van der Waals surface area contributed by atoms with E-state index in [-0.39, 0.29) is 17.7 Å². The van der Waals surface area contributed by atoms with Crippen LogP contribution in [-0.2, 0) is 0 Å². The molecule has 0 aromatic heterocycles. The van der Waals surface area contributed by atoms with Crippen LogP contribution in [0.4, 0.5) is 0 Å². The van der Waals surface area contributed by atoms with Gasteiger partial charge in [-0.05, 0) is 24.8 Å². The molecular weight excluding hydrogens is 282 g/mol. The van der Waals surface area contributed by atoms with E-state index in [1.807, 2.05) is 18.2 Å². The Balaban J connectivity index is 1.82. The molecule has 1 aromatic carbocycles. The summed E-state index contributed by atoms with van der Waals surface area (Å²) in [5, 5.41) is 3.19. The summed E-state index contributed by atoms with van der Waals surface area (Å²) in [5.41, 5.74) is 1.39. The molecule has 0 saturated heterocycles. The van der Waals surface area contributed by atoms with Crippen LogP contribution in [0.25, 0.3) is 0 Å². The van der Waals surface area contributed by atoms with Crippen LogP contribution in [-0.4, -0.2) is 23.5 Å². The standard InChI is InChI=1S/C17H21NO2S/c1-11-5-2-3-8-14(11)18-17(20)13-7-4-6-12-15(19)9-10-21-16(12)13/h4,6-7,11,14H,2-3,5,8-10H2,1H3,(H,18,20). The van der Waals surface area contributed by atoms with Crippen LogP contribution in [0, 0.1) is 5.92 Å². The van der Waals surface area contributed by atoms with E-state index in [2.05, 4.69) is 12.2 Å². The van der Waals surface area contributed by atoms with Gasteiger partial charge < -0.3 is 5.32 Å². The maximum atomic E-state index is 12.6. The molecule has 1 fully saturated rings. The van der Waals surface area contributed by atoms with Gasteiger partial charge in [-0.15, -0.1) is 11.8 Å². The first kappa shape index (κ1) is 14.6. The summed E-state index contributed by atoms with van der Waals surface area (Å²) in [5.74, 6) is 1.45. The number of hydrogen-bond acceptors (Lipinski definition) is 3. The first-order valence-corrected chi connectivity index (χ1v) is 8.75. The van der Waals surface area contributed by atoms with Crippen molar-refractivity contribution >= 4 is 23.5 Å². The number of Topliss-reactive ketones (excluding diaryl/α,β-unsaturated/α-hetero) is 1. The summed E-state index contributed by atoms with van der Waals surface area (Å²) in [4.78, 5) is 25.4. The molecule has 1 N–H and O–H groups in total. The van der Waals surface area contributed by atoms with Crippen LogP contribution in [0.2, 0.25) is 0 Å². The van der Waals surface area contributed by atoms with Crippen LogP contribution >= 0.6 is 11.8 Å². The summed E-state index contributed by atoms with van der Waals surface area (Å²) < 4.78 is 0. The molecule has 1 aliphatic heterocycles. The quantitative estimate of drug-likeness (QED) is 0.906. The van der Waals surface area contributed by atoms with Gasteiger partial charge in [0.25, 0.3) is 5.91 Å². The molecular formula is C17H21NO2S. The smallest absolute Gasteiger partial charge is 0.252 e. The van der Waals surface area contributed by atoms with Crippen molar-refractivity contribution in [3.05, 3.63) is 29.3 Å². The van der Waals surface area contributed by atoms with E-state index >= 15 is 0 Å². The fraction of sp³-hybridized carbons (Fsp3) is 0.529. The number of fused-ring (bicyclic) bond motifs is 1. The molecule has 1 aromatic rings. The van der Waals surface area contributed by atoms with E-state index < -0.39 is 0 Å². The van der Waals surface area contributed by atoms with Gasteiger partial charge in [0.2, 0.25) is 0 Å². The second-order valence-electron chi connectivity index (χ2n) is 6.05. The van der Waals surface area contributed by atoms with Crippen molar-refractivity contribution in [2.45, 2.75) is 50.0 Å². The molecule has 1 heterocycles. The Morgan fingerprint density at radius 3 is 2.90 bits per heavy atom. The molecule has 112 valence electrons. The summed E-state index contributed by atoms with van der Waals surface area (Å²) in [6.45, 7) is 2.21. The Morgan fingerprint density at radius 1 is 1.29 bits per heavy atom. The molecule has 1 amide bonds. The normalized spacial score (nSPS) is 25.3. The Kier molecular flexibility index (Phi) is 4.34. The number of benzene rings is 1. The van der Waals surface area contributed by atoms with E-state index in [0.717, 1.165) is 22.6 Å². The molecule has 0 spiro atoms. The lowest BCUT2D eigenvalue weighted by Crippen LogP contribution is -2.41. The van der Waals surface area contributed by atoms with Crippen LogP contribution < -0.4 is 5.32 Å². The molecule has 21 heavy (non-hydrogen) atoms. The number of carbonyl (C=O) groups is 2. The van der Waals surface area contributed by atoms with E-state index in [4.69, 9.17) is 0 Å².